The van der Waals surface area contributed by atoms with Crippen LogP contribution in [0.1, 0.15) is 50.9 Å². The zero-order valence-electron chi connectivity index (χ0n) is 15.5. The molecule has 0 fully saturated rings. The second kappa shape index (κ2) is 7.59. The van der Waals surface area contributed by atoms with E-state index < -0.39 is 17.7 Å². The summed E-state index contributed by atoms with van der Waals surface area (Å²) in [5.74, 6) is -1.84. The molecule has 2 aromatic heterocycles. The van der Waals surface area contributed by atoms with Gasteiger partial charge >= 0.3 is 5.97 Å². The standard InChI is InChI=1S/C21H20N2O4S/c1-2-27-21(26)17-13-8-4-6-10-16(13)28-20(17)23-19(25)18(24)14-11-22-15-9-5-3-7-12(14)15/h3,5,7,9,11,22H,2,4,6,8,10H2,1H3,(H,23,25). The molecule has 1 aromatic carbocycles. The van der Waals surface area contributed by atoms with E-state index in [0.717, 1.165) is 41.6 Å². The average Bonchev–Trinajstić information content (AvgIpc) is 3.28. The molecule has 0 unspecified atom stereocenters. The lowest BCUT2D eigenvalue weighted by Gasteiger charge is -2.12. The molecule has 2 N–H and O–H groups in total. The summed E-state index contributed by atoms with van der Waals surface area (Å²) in [4.78, 5) is 42.0. The molecule has 28 heavy (non-hydrogen) atoms. The van der Waals surface area contributed by atoms with Crippen LogP contribution in [-0.2, 0) is 22.4 Å². The number of carbonyl (C=O) groups is 3. The summed E-state index contributed by atoms with van der Waals surface area (Å²) < 4.78 is 5.19. The van der Waals surface area contributed by atoms with Gasteiger partial charge in [-0.15, -0.1) is 11.3 Å². The van der Waals surface area contributed by atoms with Crippen molar-refractivity contribution in [1.82, 2.24) is 4.98 Å². The predicted molar refractivity (Wildman–Crippen MR) is 108 cm³/mol. The van der Waals surface area contributed by atoms with Crippen molar-refractivity contribution in [2.45, 2.75) is 32.6 Å². The first-order valence-corrected chi connectivity index (χ1v) is 10.1. The van der Waals surface area contributed by atoms with E-state index in [1.165, 1.54) is 17.5 Å². The number of aromatic amines is 1. The summed E-state index contributed by atoms with van der Waals surface area (Å²) >= 11 is 1.37. The number of fused-ring (bicyclic) bond motifs is 2. The second-order valence-corrected chi connectivity index (χ2v) is 7.77. The fourth-order valence-electron chi connectivity index (χ4n) is 3.61. The minimum Gasteiger partial charge on any atom is -0.462 e. The summed E-state index contributed by atoms with van der Waals surface area (Å²) in [7, 11) is 0. The molecule has 0 saturated carbocycles. The molecular weight excluding hydrogens is 376 g/mol. The van der Waals surface area contributed by atoms with Crippen molar-refractivity contribution in [2.75, 3.05) is 11.9 Å². The van der Waals surface area contributed by atoms with Crippen LogP contribution < -0.4 is 5.32 Å². The van der Waals surface area contributed by atoms with Gasteiger partial charge in [0.1, 0.15) is 5.00 Å². The van der Waals surface area contributed by atoms with E-state index in [1.54, 1.807) is 13.0 Å². The number of hydrogen-bond acceptors (Lipinski definition) is 5. The molecule has 3 aromatic rings. The van der Waals surface area contributed by atoms with Crippen LogP contribution >= 0.6 is 11.3 Å². The number of anilines is 1. The summed E-state index contributed by atoms with van der Waals surface area (Å²) in [5.41, 5.74) is 2.45. The summed E-state index contributed by atoms with van der Waals surface area (Å²) in [6.07, 6.45) is 5.25. The number of ketones is 1. The normalized spacial score (nSPS) is 13.2. The molecule has 1 aliphatic carbocycles. The Hall–Kier alpha value is -2.93. The Morgan fingerprint density at radius 3 is 2.79 bits per heavy atom. The average molecular weight is 396 g/mol. The number of amides is 1. The molecule has 4 rings (SSSR count). The Bertz CT molecular complexity index is 1080. The lowest BCUT2D eigenvalue weighted by Crippen LogP contribution is -2.23. The highest BCUT2D eigenvalue weighted by molar-refractivity contribution is 7.17. The summed E-state index contributed by atoms with van der Waals surface area (Å²) in [5, 5.41) is 3.77. The van der Waals surface area contributed by atoms with E-state index in [1.807, 2.05) is 18.2 Å². The van der Waals surface area contributed by atoms with Crippen molar-refractivity contribution >= 4 is 44.9 Å². The highest BCUT2D eigenvalue weighted by atomic mass is 32.1. The van der Waals surface area contributed by atoms with Gasteiger partial charge in [0, 0.05) is 22.0 Å². The van der Waals surface area contributed by atoms with Crippen LogP contribution in [-0.4, -0.2) is 29.3 Å². The first-order chi connectivity index (χ1) is 13.6. The smallest absolute Gasteiger partial charge is 0.341 e. The van der Waals surface area contributed by atoms with Crippen LogP contribution in [0, 0.1) is 0 Å². The number of ether oxygens (including phenoxy) is 1. The maximum Gasteiger partial charge on any atom is 0.341 e. The van der Waals surface area contributed by atoms with E-state index in [-0.39, 0.29) is 6.61 Å². The molecule has 0 aliphatic heterocycles. The first-order valence-electron chi connectivity index (χ1n) is 9.33. The predicted octanol–water partition coefficient (Wildman–Crippen LogP) is 4.11. The molecule has 0 atom stereocenters. The number of rotatable bonds is 5. The number of thiophene rings is 1. The number of aryl methyl sites for hydroxylation is 1. The fraction of sp³-hybridized carbons (Fsp3) is 0.286. The molecule has 1 amide bonds. The molecule has 0 saturated heterocycles. The highest BCUT2D eigenvalue weighted by Gasteiger charge is 2.29. The number of para-hydroxylation sites is 1. The van der Waals surface area contributed by atoms with Gasteiger partial charge in [-0.05, 0) is 44.2 Å². The molecular formula is C21H20N2O4S. The summed E-state index contributed by atoms with van der Waals surface area (Å²) in [6, 6.07) is 7.31. The van der Waals surface area contributed by atoms with Gasteiger partial charge in [0.25, 0.3) is 11.7 Å². The molecule has 6 nitrogen and oxygen atoms in total. The monoisotopic (exact) mass is 396 g/mol. The third-order valence-corrected chi connectivity index (χ3v) is 6.13. The minimum atomic E-state index is -0.756. The largest absolute Gasteiger partial charge is 0.462 e. The van der Waals surface area contributed by atoms with Crippen LogP contribution in [0.25, 0.3) is 10.9 Å². The fourth-order valence-corrected chi connectivity index (χ4v) is 4.89. The summed E-state index contributed by atoms with van der Waals surface area (Å²) in [6.45, 7) is 2.00. The van der Waals surface area contributed by atoms with Gasteiger partial charge in [0.15, 0.2) is 0 Å². The van der Waals surface area contributed by atoms with Crippen molar-refractivity contribution in [3.63, 3.8) is 0 Å². The van der Waals surface area contributed by atoms with Crippen LogP contribution in [0.3, 0.4) is 0 Å². The zero-order valence-corrected chi connectivity index (χ0v) is 16.3. The van der Waals surface area contributed by atoms with Crippen LogP contribution in [0.4, 0.5) is 5.00 Å². The van der Waals surface area contributed by atoms with E-state index in [0.29, 0.717) is 21.5 Å². The first kappa shape index (κ1) is 18.4. The van der Waals surface area contributed by atoms with Gasteiger partial charge in [-0.2, -0.15) is 0 Å². The Balaban J connectivity index is 1.65. The molecule has 0 spiro atoms. The number of esters is 1. The third kappa shape index (κ3) is 3.22. The molecule has 0 bridgehead atoms. The number of hydrogen-bond donors (Lipinski definition) is 2. The Kier molecular flexibility index (Phi) is 5.00. The molecule has 0 radical (unpaired) electrons. The Labute approximate surface area is 165 Å². The number of aromatic nitrogens is 1. The molecule has 1 aliphatic rings. The molecule has 2 heterocycles. The van der Waals surface area contributed by atoms with Crippen molar-refractivity contribution < 1.29 is 19.1 Å². The zero-order chi connectivity index (χ0) is 19.7. The molecule has 7 heteroatoms. The number of benzene rings is 1. The van der Waals surface area contributed by atoms with Gasteiger partial charge in [0.2, 0.25) is 0 Å². The Morgan fingerprint density at radius 2 is 1.96 bits per heavy atom. The van der Waals surface area contributed by atoms with Gasteiger partial charge in [-0.3, -0.25) is 9.59 Å². The van der Waals surface area contributed by atoms with E-state index >= 15 is 0 Å². The van der Waals surface area contributed by atoms with Gasteiger partial charge < -0.3 is 15.0 Å². The van der Waals surface area contributed by atoms with E-state index in [9.17, 15) is 14.4 Å². The van der Waals surface area contributed by atoms with Crippen molar-refractivity contribution in [3.8, 4) is 0 Å². The van der Waals surface area contributed by atoms with Crippen LogP contribution in [0.15, 0.2) is 30.5 Å². The number of nitrogens with one attached hydrogen (secondary N) is 2. The number of Topliss-reactive ketones (excluding diaryl/α,β-unsaturated/α-hetero) is 1. The Morgan fingerprint density at radius 1 is 1.18 bits per heavy atom. The van der Waals surface area contributed by atoms with Crippen molar-refractivity contribution in [3.05, 3.63) is 52.0 Å². The number of carbonyl (C=O) groups excluding carboxylic acids is 3. The maximum absolute atomic E-state index is 12.7. The van der Waals surface area contributed by atoms with Crippen molar-refractivity contribution in [1.29, 1.82) is 0 Å². The minimum absolute atomic E-state index is 0.255. The molecule has 144 valence electrons. The van der Waals surface area contributed by atoms with Gasteiger partial charge in [0.05, 0.1) is 17.7 Å². The maximum atomic E-state index is 12.7. The number of H-pyrrole nitrogens is 1. The van der Waals surface area contributed by atoms with E-state index in [2.05, 4.69) is 10.3 Å². The quantitative estimate of drug-likeness (QED) is 0.386. The third-order valence-electron chi connectivity index (χ3n) is 4.92. The second-order valence-electron chi connectivity index (χ2n) is 6.67. The highest BCUT2D eigenvalue weighted by Crippen LogP contribution is 2.38. The SMILES string of the molecule is CCOC(=O)c1c(NC(=O)C(=O)c2c[nH]c3ccccc23)sc2c1CCCC2. The van der Waals surface area contributed by atoms with Gasteiger partial charge in [-0.1, -0.05) is 18.2 Å². The van der Waals surface area contributed by atoms with Crippen LogP contribution in [0.5, 0.6) is 0 Å². The lowest BCUT2D eigenvalue weighted by molar-refractivity contribution is -0.112. The van der Waals surface area contributed by atoms with Gasteiger partial charge in [-0.25, -0.2) is 4.79 Å². The van der Waals surface area contributed by atoms with E-state index in [4.69, 9.17) is 4.74 Å². The topological polar surface area (TPSA) is 88.3 Å². The van der Waals surface area contributed by atoms with Crippen LogP contribution in [0.2, 0.25) is 0 Å². The van der Waals surface area contributed by atoms with Crippen molar-refractivity contribution in [2.24, 2.45) is 0 Å². The lowest BCUT2D eigenvalue weighted by atomic mass is 9.95.